The molecule has 0 spiro atoms. The van der Waals surface area contributed by atoms with Gasteiger partial charge in [-0.1, -0.05) is 29.3 Å². The van der Waals surface area contributed by atoms with Gasteiger partial charge in [-0.2, -0.15) is 28.3 Å². The zero-order valence-electron chi connectivity index (χ0n) is 21.4. The van der Waals surface area contributed by atoms with E-state index >= 15 is 0 Å². The van der Waals surface area contributed by atoms with Crippen molar-refractivity contribution < 1.29 is 27.5 Å². The van der Waals surface area contributed by atoms with Gasteiger partial charge in [-0.3, -0.25) is 9.59 Å². The van der Waals surface area contributed by atoms with Crippen LogP contribution in [0.3, 0.4) is 0 Å². The number of ether oxygens (including phenoxy) is 1. The zero-order valence-corrected chi connectivity index (χ0v) is 22.9. The second-order valence-corrected chi connectivity index (χ2v) is 9.95. The van der Waals surface area contributed by atoms with Gasteiger partial charge in [0.2, 0.25) is 0 Å². The van der Waals surface area contributed by atoms with Gasteiger partial charge < -0.3 is 15.4 Å². The van der Waals surface area contributed by atoms with Crippen LogP contribution in [0.2, 0.25) is 10.0 Å². The number of hydrogen-bond acceptors (Lipinski definition) is 8. The van der Waals surface area contributed by atoms with Gasteiger partial charge in [0.1, 0.15) is 17.9 Å². The molecule has 1 fully saturated rings. The number of para-hydroxylation sites is 1. The number of nitrogens with one attached hydrogen (secondary N) is 2. The first-order valence-corrected chi connectivity index (χ1v) is 12.8. The van der Waals surface area contributed by atoms with E-state index in [9.17, 15) is 28.0 Å². The molecule has 2 aromatic heterocycles. The number of rotatable bonds is 7. The van der Waals surface area contributed by atoms with Crippen molar-refractivity contribution in [1.29, 1.82) is 5.26 Å². The van der Waals surface area contributed by atoms with Crippen molar-refractivity contribution in [3.63, 3.8) is 0 Å². The van der Waals surface area contributed by atoms with Crippen LogP contribution in [-0.4, -0.2) is 61.1 Å². The van der Waals surface area contributed by atoms with E-state index in [1.54, 1.807) is 13.0 Å². The van der Waals surface area contributed by atoms with E-state index in [1.807, 2.05) is 6.07 Å². The maximum absolute atomic E-state index is 13.7. The number of alkyl halides is 3. The molecule has 0 atom stereocenters. The first kappa shape index (κ1) is 29.0. The average Bonchev–Trinajstić information content (AvgIpc) is 3.55. The van der Waals surface area contributed by atoms with Crippen LogP contribution in [0.4, 0.5) is 18.9 Å². The molecule has 0 unspecified atom stereocenters. The van der Waals surface area contributed by atoms with Crippen LogP contribution in [0, 0.1) is 18.3 Å². The Balaban J connectivity index is 1.54. The van der Waals surface area contributed by atoms with E-state index in [1.165, 1.54) is 30.3 Å². The Morgan fingerprint density at radius 3 is 2.45 bits per heavy atom. The summed E-state index contributed by atoms with van der Waals surface area (Å²) in [5, 5.41) is 29.2. The van der Waals surface area contributed by atoms with Gasteiger partial charge in [0.25, 0.3) is 17.6 Å². The lowest BCUT2D eigenvalue weighted by molar-refractivity contribution is -0.145. The first-order valence-electron chi connectivity index (χ1n) is 12.1. The number of benzene rings is 2. The Morgan fingerprint density at radius 2 is 1.86 bits per heavy atom. The predicted octanol–water partition coefficient (Wildman–Crippen LogP) is 3.79. The van der Waals surface area contributed by atoms with E-state index < -0.39 is 23.8 Å². The summed E-state index contributed by atoms with van der Waals surface area (Å²) < 4.78 is 45.1. The first-order chi connectivity index (χ1) is 19.9. The minimum atomic E-state index is -4.80. The fraction of sp³-hybridized carbons (Fsp3) is 0.240. The summed E-state index contributed by atoms with van der Waals surface area (Å²) in [6.07, 6.45) is -4.80. The standard InChI is InChI=1S/C25H18Cl2F3N9O3/c1-12-5-13(8-31)6-16(22(40)32-15-10-42-11-15)20(12)33-23(41)19-7-14(9-38-36-24(34-37-38)25(28,29)30)35-39(19)21-17(26)3-2-4-18(21)27/h2-7,15H,9-11H2,1H3,(H,32,40)(H,33,41). The monoisotopic (exact) mass is 619 g/mol. The van der Waals surface area contributed by atoms with Gasteiger partial charge >= 0.3 is 6.18 Å². The number of hydrogen-bond donors (Lipinski definition) is 2. The molecular weight excluding hydrogens is 602 g/mol. The van der Waals surface area contributed by atoms with Gasteiger partial charge in [0, 0.05) is 0 Å². The molecule has 5 rings (SSSR count). The van der Waals surface area contributed by atoms with Crippen LogP contribution < -0.4 is 10.6 Å². The molecule has 0 aliphatic carbocycles. The molecule has 17 heteroatoms. The summed E-state index contributed by atoms with van der Waals surface area (Å²) in [6.45, 7) is 1.89. The fourth-order valence-corrected chi connectivity index (χ4v) is 4.61. The third-order valence-corrected chi connectivity index (χ3v) is 6.68. The van der Waals surface area contributed by atoms with Gasteiger partial charge in [-0.25, -0.2) is 4.68 Å². The second kappa shape index (κ2) is 11.4. The highest BCUT2D eigenvalue weighted by Crippen LogP contribution is 2.31. The van der Waals surface area contributed by atoms with Crippen molar-refractivity contribution in [3.8, 4) is 11.8 Å². The number of aromatic nitrogens is 6. The number of carbonyl (C=O) groups is 2. The number of amides is 2. The number of nitriles is 1. The van der Waals surface area contributed by atoms with E-state index in [-0.39, 0.29) is 56.5 Å². The number of anilines is 1. The molecule has 12 nitrogen and oxygen atoms in total. The van der Waals surface area contributed by atoms with E-state index in [4.69, 9.17) is 27.9 Å². The van der Waals surface area contributed by atoms with Gasteiger partial charge in [0.15, 0.2) is 0 Å². The third-order valence-electron chi connectivity index (χ3n) is 6.07. The van der Waals surface area contributed by atoms with E-state index in [0.717, 1.165) is 4.68 Å². The van der Waals surface area contributed by atoms with E-state index in [2.05, 4.69) is 31.1 Å². The Bertz CT molecular complexity index is 1720. The molecule has 1 aliphatic heterocycles. The summed E-state index contributed by atoms with van der Waals surface area (Å²) in [7, 11) is 0. The molecule has 2 aromatic carbocycles. The number of tetrazole rings is 1. The van der Waals surface area contributed by atoms with E-state index in [0.29, 0.717) is 23.6 Å². The maximum atomic E-state index is 13.7. The van der Waals surface area contributed by atoms with Crippen molar-refractivity contribution >= 4 is 40.7 Å². The molecule has 2 N–H and O–H groups in total. The normalized spacial score (nSPS) is 13.4. The molecule has 42 heavy (non-hydrogen) atoms. The number of aryl methyl sites for hydroxylation is 1. The molecule has 2 amide bonds. The Hall–Kier alpha value is -4.52. The van der Waals surface area contributed by atoms with Crippen molar-refractivity contribution in [2.45, 2.75) is 25.7 Å². The molecule has 1 saturated heterocycles. The van der Waals surface area contributed by atoms with Crippen molar-refractivity contribution in [3.05, 3.63) is 80.3 Å². The Kier molecular flexibility index (Phi) is 7.87. The molecule has 4 aromatic rings. The molecule has 216 valence electrons. The highest BCUT2D eigenvalue weighted by atomic mass is 35.5. The lowest BCUT2D eigenvalue weighted by Crippen LogP contribution is -2.48. The van der Waals surface area contributed by atoms with Crippen molar-refractivity contribution in [1.82, 2.24) is 35.3 Å². The van der Waals surface area contributed by atoms with Crippen LogP contribution >= 0.6 is 23.2 Å². The maximum Gasteiger partial charge on any atom is 0.455 e. The summed E-state index contributed by atoms with van der Waals surface area (Å²) >= 11 is 12.8. The average molecular weight is 620 g/mol. The molecule has 0 bridgehead atoms. The summed E-state index contributed by atoms with van der Waals surface area (Å²) in [5.41, 5.74) is 0.865. The van der Waals surface area contributed by atoms with Crippen LogP contribution in [0.1, 0.15) is 43.5 Å². The number of nitrogens with zero attached hydrogens (tertiary/aromatic N) is 7. The molecule has 3 heterocycles. The highest BCUT2D eigenvalue weighted by Gasteiger charge is 2.37. The molecule has 0 saturated carbocycles. The Morgan fingerprint density at radius 1 is 1.14 bits per heavy atom. The van der Waals surface area contributed by atoms with Gasteiger partial charge in [-0.15, -0.1) is 10.2 Å². The lowest BCUT2D eigenvalue weighted by atomic mass is 10.0. The fourth-order valence-electron chi connectivity index (χ4n) is 4.06. The summed E-state index contributed by atoms with van der Waals surface area (Å²) in [5.74, 6) is -2.73. The second-order valence-electron chi connectivity index (χ2n) is 9.13. The quantitative estimate of drug-likeness (QED) is 0.317. The minimum Gasteiger partial charge on any atom is -0.377 e. The van der Waals surface area contributed by atoms with Crippen LogP contribution in [0.25, 0.3) is 5.69 Å². The smallest absolute Gasteiger partial charge is 0.377 e. The zero-order chi connectivity index (χ0) is 30.2. The summed E-state index contributed by atoms with van der Waals surface area (Å²) in [4.78, 5) is 27.5. The van der Waals surface area contributed by atoms with Crippen LogP contribution in [0.5, 0.6) is 0 Å². The summed E-state index contributed by atoms with van der Waals surface area (Å²) in [6, 6.07) is 10.5. The Labute approximate surface area is 245 Å². The lowest BCUT2D eigenvalue weighted by Gasteiger charge is -2.27. The van der Waals surface area contributed by atoms with Crippen molar-refractivity contribution in [2.24, 2.45) is 0 Å². The molecular formula is C25H18Cl2F3N9O3. The third kappa shape index (κ3) is 5.91. The minimum absolute atomic E-state index is 0.0420. The number of halogens is 5. The van der Waals surface area contributed by atoms with Crippen LogP contribution in [0.15, 0.2) is 36.4 Å². The topological polar surface area (TPSA) is 153 Å². The highest BCUT2D eigenvalue weighted by molar-refractivity contribution is 6.37. The van der Waals surface area contributed by atoms with Crippen LogP contribution in [-0.2, 0) is 17.5 Å². The van der Waals surface area contributed by atoms with Gasteiger partial charge in [0.05, 0.1) is 57.9 Å². The molecule has 0 radical (unpaired) electrons. The largest absolute Gasteiger partial charge is 0.455 e. The SMILES string of the molecule is Cc1cc(C#N)cc(C(=O)NC2COC2)c1NC(=O)c1cc(Cn2nnc(C(F)(F)F)n2)nn1-c1c(Cl)cccc1Cl. The predicted molar refractivity (Wildman–Crippen MR) is 141 cm³/mol. The van der Waals surface area contributed by atoms with Crippen molar-refractivity contribution in [2.75, 3.05) is 18.5 Å². The molecule has 1 aliphatic rings. The van der Waals surface area contributed by atoms with Gasteiger partial charge in [-0.05, 0) is 48.0 Å². The number of carbonyl (C=O) groups excluding carboxylic acids is 2.